The highest BCUT2D eigenvalue weighted by Crippen LogP contribution is 2.42. The van der Waals surface area contributed by atoms with Crippen LogP contribution in [0.3, 0.4) is 0 Å². The van der Waals surface area contributed by atoms with Crippen LogP contribution in [-0.4, -0.2) is 28.6 Å². The van der Waals surface area contributed by atoms with E-state index in [0.29, 0.717) is 30.5 Å². The first kappa shape index (κ1) is 24.0. The summed E-state index contributed by atoms with van der Waals surface area (Å²) >= 11 is 0. The van der Waals surface area contributed by atoms with Crippen molar-refractivity contribution in [1.82, 2.24) is 4.90 Å². The van der Waals surface area contributed by atoms with Crippen LogP contribution in [-0.2, 0) is 10.2 Å². The Kier molecular flexibility index (Phi) is 6.80. The van der Waals surface area contributed by atoms with Gasteiger partial charge in [0.1, 0.15) is 17.5 Å². The molecule has 0 aliphatic carbocycles. The minimum Gasteiger partial charge on any atom is -0.393 e. The maximum atomic E-state index is 14.1. The third kappa shape index (κ3) is 4.87. The number of likely N-dealkylation sites (tertiary alicyclic amines) is 1. The van der Waals surface area contributed by atoms with E-state index in [1.807, 2.05) is 24.0 Å². The first-order valence-electron chi connectivity index (χ1n) is 11.5. The van der Waals surface area contributed by atoms with Crippen molar-refractivity contribution in [2.75, 3.05) is 6.54 Å². The summed E-state index contributed by atoms with van der Waals surface area (Å²) in [5.74, 6) is -1.61. The summed E-state index contributed by atoms with van der Waals surface area (Å²) in [6, 6.07) is 16.7. The molecule has 1 fully saturated rings. The molecule has 3 aromatic carbocycles. The number of carbonyl (C=O) groups is 1. The molecule has 0 saturated carbocycles. The fourth-order valence-electron chi connectivity index (χ4n) is 5.10. The average Bonchev–Trinajstić information content (AvgIpc) is 2.79. The Morgan fingerprint density at radius 1 is 0.941 bits per heavy atom. The number of nitrogens with zero attached hydrogens (tertiary/aromatic N) is 1. The summed E-state index contributed by atoms with van der Waals surface area (Å²) in [7, 11) is 0. The van der Waals surface area contributed by atoms with Gasteiger partial charge in [0, 0.05) is 30.0 Å². The standard InChI is InChI=1S/C28H28F3NO2/c1-18(33)16-28(22-7-9-23(29)10-8-22)13-14-32(27(34)17-28)19(2)20-3-5-21(6-4-20)25-12-11-24(30)15-26(25)31/h3-12,15,18-19,33H,13-14,16-17H2,1-2H3/t18-,19-,28+/m0/s1. The van der Waals surface area contributed by atoms with E-state index in [1.54, 1.807) is 31.2 Å². The van der Waals surface area contributed by atoms with Crippen LogP contribution in [0.15, 0.2) is 66.7 Å². The highest BCUT2D eigenvalue weighted by Gasteiger charge is 2.42. The van der Waals surface area contributed by atoms with Gasteiger partial charge in [0.05, 0.1) is 12.1 Å². The van der Waals surface area contributed by atoms with Crippen LogP contribution in [0.5, 0.6) is 0 Å². The Bertz CT molecular complexity index is 1160. The summed E-state index contributed by atoms with van der Waals surface area (Å²) in [5, 5.41) is 10.1. The Morgan fingerprint density at radius 2 is 1.59 bits per heavy atom. The summed E-state index contributed by atoms with van der Waals surface area (Å²) in [4.78, 5) is 15.1. The largest absolute Gasteiger partial charge is 0.393 e. The number of hydrogen-bond donors (Lipinski definition) is 1. The van der Waals surface area contributed by atoms with Gasteiger partial charge in [-0.2, -0.15) is 0 Å². The molecular weight excluding hydrogens is 439 g/mol. The molecule has 0 radical (unpaired) electrons. The molecule has 3 aromatic rings. The van der Waals surface area contributed by atoms with Crippen molar-refractivity contribution in [3.8, 4) is 11.1 Å². The third-order valence-corrected chi connectivity index (χ3v) is 6.89. The van der Waals surface area contributed by atoms with Crippen molar-refractivity contribution >= 4 is 5.91 Å². The van der Waals surface area contributed by atoms with Crippen molar-refractivity contribution in [3.63, 3.8) is 0 Å². The molecule has 3 atom stereocenters. The second-order valence-electron chi connectivity index (χ2n) is 9.28. The molecule has 4 rings (SSSR count). The summed E-state index contributed by atoms with van der Waals surface area (Å²) < 4.78 is 40.8. The van der Waals surface area contributed by atoms with Crippen LogP contribution in [0.4, 0.5) is 13.2 Å². The van der Waals surface area contributed by atoms with Gasteiger partial charge in [0.25, 0.3) is 0 Å². The first-order valence-corrected chi connectivity index (χ1v) is 11.5. The van der Waals surface area contributed by atoms with Crippen LogP contribution in [0.1, 0.15) is 50.3 Å². The van der Waals surface area contributed by atoms with Crippen molar-refractivity contribution in [2.24, 2.45) is 0 Å². The number of rotatable bonds is 6. The number of halogens is 3. The lowest BCUT2D eigenvalue weighted by atomic mass is 9.69. The zero-order valence-electron chi connectivity index (χ0n) is 19.3. The molecular formula is C28H28F3NO2. The fourth-order valence-corrected chi connectivity index (χ4v) is 5.10. The normalized spacial score (nSPS) is 20.3. The third-order valence-electron chi connectivity index (χ3n) is 6.89. The van der Waals surface area contributed by atoms with Gasteiger partial charge in [-0.3, -0.25) is 4.79 Å². The van der Waals surface area contributed by atoms with E-state index < -0.39 is 23.2 Å². The Morgan fingerprint density at radius 3 is 2.18 bits per heavy atom. The number of aliphatic hydroxyl groups excluding tert-OH is 1. The number of benzene rings is 3. The molecule has 1 heterocycles. The predicted molar refractivity (Wildman–Crippen MR) is 126 cm³/mol. The van der Waals surface area contributed by atoms with E-state index in [1.165, 1.54) is 24.3 Å². The predicted octanol–water partition coefficient (Wildman–Crippen LogP) is 6.16. The highest BCUT2D eigenvalue weighted by molar-refractivity contribution is 5.79. The SMILES string of the molecule is C[C@H](O)C[C@]1(c2ccc(F)cc2)CCN([C@@H](C)c2ccc(-c3ccc(F)cc3F)cc2)C(=O)C1. The lowest BCUT2D eigenvalue weighted by Crippen LogP contribution is -2.48. The van der Waals surface area contributed by atoms with Gasteiger partial charge in [0.2, 0.25) is 5.91 Å². The monoisotopic (exact) mass is 467 g/mol. The molecule has 1 aliphatic rings. The van der Waals surface area contributed by atoms with Crippen LogP contribution >= 0.6 is 0 Å². The van der Waals surface area contributed by atoms with Crippen LogP contribution in [0, 0.1) is 17.5 Å². The summed E-state index contributed by atoms with van der Waals surface area (Å²) in [6.07, 6.45) is 0.705. The van der Waals surface area contributed by atoms with Gasteiger partial charge in [-0.05, 0) is 67.6 Å². The van der Waals surface area contributed by atoms with E-state index in [-0.39, 0.29) is 24.2 Å². The van der Waals surface area contributed by atoms with E-state index >= 15 is 0 Å². The van der Waals surface area contributed by atoms with Crippen LogP contribution in [0.2, 0.25) is 0 Å². The molecule has 1 amide bonds. The summed E-state index contributed by atoms with van der Waals surface area (Å²) in [6.45, 7) is 4.15. The molecule has 0 unspecified atom stereocenters. The van der Waals surface area contributed by atoms with Gasteiger partial charge >= 0.3 is 0 Å². The number of aliphatic hydroxyl groups is 1. The van der Waals surface area contributed by atoms with Gasteiger partial charge in [-0.1, -0.05) is 36.4 Å². The van der Waals surface area contributed by atoms with Crippen molar-refractivity contribution < 1.29 is 23.1 Å². The molecule has 0 aromatic heterocycles. The number of carbonyl (C=O) groups excluding carboxylic acids is 1. The van der Waals surface area contributed by atoms with Gasteiger partial charge < -0.3 is 10.0 Å². The number of piperidine rings is 1. The highest BCUT2D eigenvalue weighted by atomic mass is 19.1. The Hall–Kier alpha value is -3.12. The molecule has 1 aliphatic heterocycles. The van der Waals surface area contributed by atoms with Crippen LogP contribution in [0.25, 0.3) is 11.1 Å². The van der Waals surface area contributed by atoms with Gasteiger partial charge in [-0.15, -0.1) is 0 Å². The molecule has 178 valence electrons. The van der Waals surface area contributed by atoms with E-state index in [0.717, 1.165) is 17.2 Å². The second kappa shape index (κ2) is 9.63. The number of amides is 1. The maximum Gasteiger partial charge on any atom is 0.223 e. The van der Waals surface area contributed by atoms with E-state index in [9.17, 15) is 23.1 Å². The lowest BCUT2D eigenvalue weighted by Gasteiger charge is -2.44. The van der Waals surface area contributed by atoms with Crippen molar-refractivity contribution in [1.29, 1.82) is 0 Å². The first-order chi connectivity index (χ1) is 16.2. The van der Waals surface area contributed by atoms with Crippen molar-refractivity contribution in [2.45, 2.75) is 50.7 Å². The second-order valence-corrected chi connectivity index (χ2v) is 9.28. The zero-order valence-corrected chi connectivity index (χ0v) is 19.3. The molecule has 0 bridgehead atoms. The lowest BCUT2D eigenvalue weighted by molar-refractivity contribution is -0.138. The minimum atomic E-state index is -0.623. The molecule has 3 nitrogen and oxygen atoms in total. The quantitative estimate of drug-likeness (QED) is 0.472. The zero-order chi connectivity index (χ0) is 24.5. The van der Waals surface area contributed by atoms with E-state index in [2.05, 4.69) is 0 Å². The molecule has 34 heavy (non-hydrogen) atoms. The minimum absolute atomic E-state index is 0.0302. The maximum absolute atomic E-state index is 14.1. The topological polar surface area (TPSA) is 40.5 Å². The van der Waals surface area contributed by atoms with Crippen LogP contribution < -0.4 is 0 Å². The Labute approximate surface area is 197 Å². The van der Waals surface area contributed by atoms with Crippen molar-refractivity contribution in [3.05, 3.63) is 95.3 Å². The van der Waals surface area contributed by atoms with E-state index in [4.69, 9.17) is 0 Å². The number of hydrogen-bond acceptors (Lipinski definition) is 2. The molecule has 1 saturated heterocycles. The van der Waals surface area contributed by atoms with Gasteiger partial charge in [0.15, 0.2) is 0 Å². The molecule has 6 heteroatoms. The fraction of sp³-hybridized carbons (Fsp3) is 0.321. The van der Waals surface area contributed by atoms with Gasteiger partial charge in [-0.25, -0.2) is 13.2 Å². The summed E-state index contributed by atoms with van der Waals surface area (Å²) in [5.41, 5.74) is 2.17. The molecule has 1 N–H and O–H groups in total. The molecule has 0 spiro atoms. The smallest absolute Gasteiger partial charge is 0.223 e. The Balaban J connectivity index is 1.53. The average molecular weight is 468 g/mol.